The highest BCUT2D eigenvalue weighted by molar-refractivity contribution is 6.34. The van der Waals surface area contributed by atoms with E-state index in [1.54, 1.807) is 57.3 Å². The molecule has 1 atom stereocenters. The minimum atomic E-state index is -1.18. The molecule has 3 rings (SSSR count). The average molecular weight is 484 g/mol. The van der Waals surface area contributed by atoms with Gasteiger partial charge in [-0.25, -0.2) is 9.59 Å². The predicted molar refractivity (Wildman–Crippen MR) is 131 cm³/mol. The second kappa shape index (κ2) is 9.69. The van der Waals surface area contributed by atoms with Gasteiger partial charge in [0.2, 0.25) is 0 Å². The van der Waals surface area contributed by atoms with E-state index in [4.69, 9.17) is 11.6 Å². The van der Waals surface area contributed by atoms with E-state index in [9.17, 15) is 24.3 Å². The van der Waals surface area contributed by atoms with Crippen LogP contribution in [0.15, 0.2) is 46.0 Å². The Hall–Kier alpha value is -3.65. The third-order valence-corrected chi connectivity index (χ3v) is 6.32. The molecule has 1 aromatic heterocycles. The topological polar surface area (TPSA) is 110 Å². The van der Waals surface area contributed by atoms with Crippen LogP contribution in [0.1, 0.15) is 32.7 Å². The second-order valence-corrected chi connectivity index (χ2v) is 8.72. The highest BCUT2D eigenvalue weighted by Gasteiger charge is 2.24. The van der Waals surface area contributed by atoms with Crippen LogP contribution in [-0.2, 0) is 25.3 Å². The first-order valence-electron chi connectivity index (χ1n) is 10.6. The maximum Gasteiger partial charge on any atom is 0.330 e. The number of aromatic nitrogens is 2. The third kappa shape index (κ3) is 4.68. The highest BCUT2D eigenvalue weighted by Crippen LogP contribution is 2.25. The van der Waals surface area contributed by atoms with E-state index in [0.29, 0.717) is 27.9 Å². The van der Waals surface area contributed by atoms with Crippen molar-refractivity contribution in [1.82, 2.24) is 14.5 Å². The normalized spacial score (nSPS) is 11.8. The number of hydrogen-bond acceptors (Lipinski definition) is 4. The molecule has 3 aromatic rings. The number of carbonyl (C=O) groups is 2. The van der Waals surface area contributed by atoms with E-state index in [1.165, 1.54) is 11.6 Å². The fourth-order valence-corrected chi connectivity index (χ4v) is 4.28. The van der Waals surface area contributed by atoms with Gasteiger partial charge in [0.1, 0.15) is 6.04 Å². The lowest BCUT2D eigenvalue weighted by molar-refractivity contribution is -0.139. The van der Waals surface area contributed by atoms with E-state index in [1.807, 2.05) is 6.92 Å². The summed E-state index contributed by atoms with van der Waals surface area (Å²) in [5, 5.41) is 12.5. The molecular formula is C25H26ClN3O5. The molecule has 0 saturated carbocycles. The minimum Gasteiger partial charge on any atom is -0.480 e. The molecule has 8 nitrogen and oxygen atoms in total. The van der Waals surface area contributed by atoms with Gasteiger partial charge in [0.15, 0.2) is 0 Å². The summed E-state index contributed by atoms with van der Waals surface area (Å²) in [6.07, 6.45) is 0.0377. The number of nitrogens with zero attached hydrogens (tertiary/aromatic N) is 2. The molecular weight excluding hydrogens is 458 g/mol. The Morgan fingerprint density at radius 2 is 1.71 bits per heavy atom. The summed E-state index contributed by atoms with van der Waals surface area (Å²) in [6.45, 7) is 5.24. The molecule has 0 aliphatic carbocycles. The fraction of sp³-hybridized carbons (Fsp3) is 0.280. The second-order valence-electron chi connectivity index (χ2n) is 8.32. The molecule has 34 heavy (non-hydrogen) atoms. The predicted octanol–water partition coefficient (Wildman–Crippen LogP) is 2.76. The molecule has 0 spiro atoms. The number of carboxylic acid groups (broad SMARTS) is 1. The number of benzene rings is 2. The summed E-state index contributed by atoms with van der Waals surface area (Å²) in [7, 11) is 3.03. The van der Waals surface area contributed by atoms with Crippen molar-refractivity contribution in [2.24, 2.45) is 14.1 Å². The number of amides is 1. The van der Waals surface area contributed by atoms with Gasteiger partial charge < -0.3 is 15.0 Å². The van der Waals surface area contributed by atoms with Crippen molar-refractivity contribution in [1.29, 1.82) is 0 Å². The summed E-state index contributed by atoms with van der Waals surface area (Å²) in [5.41, 5.74) is 3.08. The zero-order valence-corrected chi connectivity index (χ0v) is 20.4. The number of carboxylic acids is 1. The van der Waals surface area contributed by atoms with E-state index in [0.717, 1.165) is 10.1 Å². The van der Waals surface area contributed by atoms with Crippen molar-refractivity contribution in [3.63, 3.8) is 0 Å². The smallest absolute Gasteiger partial charge is 0.330 e. The van der Waals surface area contributed by atoms with Gasteiger partial charge in [0, 0.05) is 26.2 Å². The van der Waals surface area contributed by atoms with Gasteiger partial charge in [-0.1, -0.05) is 41.9 Å². The molecule has 9 heteroatoms. The van der Waals surface area contributed by atoms with E-state index in [-0.39, 0.29) is 17.0 Å². The van der Waals surface area contributed by atoms with Crippen LogP contribution >= 0.6 is 11.6 Å². The summed E-state index contributed by atoms with van der Waals surface area (Å²) >= 11 is 6.14. The Labute approximate surface area is 201 Å². The van der Waals surface area contributed by atoms with Crippen molar-refractivity contribution in [3.05, 3.63) is 90.2 Å². The average Bonchev–Trinajstić information content (AvgIpc) is 2.77. The third-order valence-electron chi connectivity index (χ3n) is 6.01. The number of aryl methyl sites for hydroxylation is 2. The van der Waals surface area contributed by atoms with E-state index < -0.39 is 29.2 Å². The molecule has 2 N–H and O–H groups in total. The van der Waals surface area contributed by atoms with Crippen LogP contribution in [-0.4, -0.2) is 32.2 Å². The molecule has 2 aromatic carbocycles. The standard InChI is InChI=1S/C25H26ClN3O5/c1-13-7-6-8-18(26)20(13)22(30)27-19(24(32)33)12-16-9-10-17(14(2)11-16)21-15(3)28(4)25(34)29(5)23(21)31/h6-11,19H,12H2,1-5H3,(H,27,30)(H,32,33)/t19-/m0/s1. The number of nitrogens with one attached hydrogen (secondary N) is 1. The van der Waals surface area contributed by atoms with Gasteiger partial charge in [-0.05, 0) is 49.1 Å². The fourth-order valence-electron chi connectivity index (χ4n) is 3.97. The summed E-state index contributed by atoms with van der Waals surface area (Å²) in [5.74, 6) is -1.74. The number of rotatable bonds is 6. The molecule has 0 fully saturated rings. The number of halogens is 1. The Bertz CT molecular complexity index is 1400. The Kier molecular flexibility index (Phi) is 7.12. The van der Waals surface area contributed by atoms with E-state index in [2.05, 4.69) is 5.32 Å². The van der Waals surface area contributed by atoms with Crippen molar-refractivity contribution < 1.29 is 14.7 Å². The van der Waals surface area contributed by atoms with Gasteiger partial charge in [0.25, 0.3) is 11.5 Å². The lowest BCUT2D eigenvalue weighted by Gasteiger charge is -2.18. The molecule has 0 aliphatic rings. The molecule has 0 radical (unpaired) electrons. The first-order valence-corrected chi connectivity index (χ1v) is 11.0. The lowest BCUT2D eigenvalue weighted by atomic mass is 9.95. The molecule has 1 amide bonds. The van der Waals surface area contributed by atoms with E-state index >= 15 is 0 Å². The Morgan fingerprint density at radius 1 is 1.03 bits per heavy atom. The van der Waals surface area contributed by atoms with Gasteiger partial charge in [-0.2, -0.15) is 0 Å². The van der Waals surface area contributed by atoms with Crippen molar-refractivity contribution in [2.45, 2.75) is 33.2 Å². The number of aliphatic carboxylic acids is 1. The van der Waals surface area contributed by atoms with Crippen molar-refractivity contribution in [3.8, 4) is 11.1 Å². The van der Waals surface area contributed by atoms with Crippen LogP contribution in [0, 0.1) is 20.8 Å². The summed E-state index contributed by atoms with van der Waals surface area (Å²) in [6, 6.07) is 9.07. The van der Waals surface area contributed by atoms with Gasteiger partial charge in [0.05, 0.1) is 16.1 Å². The van der Waals surface area contributed by atoms with Crippen LogP contribution < -0.4 is 16.6 Å². The van der Waals surface area contributed by atoms with Gasteiger partial charge >= 0.3 is 11.7 Å². The number of hydrogen-bond donors (Lipinski definition) is 2. The van der Waals surface area contributed by atoms with Crippen LogP contribution in [0.2, 0.25) is 5.02 Å². The zero-order chi connectivity index (χ0) is 25.3. The highest BCUT2D eigenvalue weighted by atomic mass is 35.5. The Balaban J connectivity index is 1.93. The monoisotopic (exact) mass is 483 g/mol. The van der Waals surface area contributed by atoms with Crippen LogP contribution in [0.5, 0.6) is 0 Å². The SMILES string of the molecule is Cc1cc(C[C@H](NC(=O)c2c(C)cccc2Cl)C(=O)O)ccc1-c1c(C)n(C)c(=O)n(C)c1=O. The Morgan fingerprint density at radius 3 is 2.29 bits per heavy atom. The summed E-state index contributed by atoms with van der Waals surface area (Å²) < 4.78 is 2.47. The maximum atomic E-state index is 12.8. The molecule has 178 valence electrons. The summed E-state index contributed by atoms with van der Waals surface area (Å²) in [4.78, 5) is 49.6. The van der Waals surface area contributed by atoms with Crippen LogP contribution in [0.25, 0.3) is 11.1 Å². The number of carbonyl (C=O) groups excluding carboxylic acids is 1. The van der Waals surface area contributed by atoms with Crippen molar-refractivity contribution >= 4 is 23.5 Å². The minimum absolute atomic E-state index is 0.0377. The molecule has 0 aliphatic heterocycles. The maximum absolute atomic E-state index is 12.8. The van der Waals surface area contributed by atoms with Gasteiger partial charge in [-0.15, -0.1) is 0 Å². The molecule has 0 unspecified atom stereocenters. The van der Waals surface area contributed by atoms with Crippen LogP contribution in [0.3, 0.4) is 0 Å². The first kappa shape index (κ1) is 25.0. The van der Waals surface area contributed by atoms with Crippen molar-refractivity contribution in [2.75, 3.05) is 0 Å². The lowest BCUT2D eigenvalue weighted by Crippen LogP contribution is -2.42. The molecule has 0 saturated heterocycles. The quantitative estimate of drug-likeness (QED) is 0.560. The first-order chi connectivity index (χ1) is 15.9. The van der Waals surface area contributed by atoms with Crippen LogP contribution in [0.4, 0.5) is 0 Å². The largest absolute Gasteiger partial charge is 0.480 e. The van der Waals surface area contributed by atoms with Gasteiger partial charge in [-0.3, -0.25) is 14.2 Å². The molecule has 1 heterocycles. The zero-order valence-electron chi connectivity index (χ0n) is 19.6. The molecule has 0 bridgehead atoms.